The molecule has 2 aliphatic heterocycles. The molecule has 0 bridgehead atoms. The van der Waals surface area contributed by atoms with Crippen LogP contribution in [0, 0.1) is 11.8 Å². The summed E-state index contributed by atoms with van der Waals surface area (Å²) in [5.41, 5.74) is 0.748. The molecule has 7 heteroatoms. The number of carbonyl (C=O) groups excluding carboxylic acids is 1. The summed E-state index contributed by atoms with van der Waals surface area (Å²) in [7, 11) is 1.67. The van der Waals surface area contributed by atoms with Gasteiger partial charge >= 0.3 is 6.03 Å². The van der Waals surface area contributed by atoms with Gasteiger partial charge in [0.25, 0.3) is 0 Å². The number of nitrogens with zero attached hydrogens (tertiary/aromatic N) is 4. The fourth-order valence-electron chi connectivity index (χ4n) is 3.95. The van der Waals surface area contributed by atoms with Crippen LogP contribution in [-0.2, 0) is 11.3 Å². The van der Waals surface area contributed by atoms with E-state index >= 15 is 0 Å². The first kappa shape index (κ1) is 19.2. The minimum atomic E-state index is -0.00624. The molecule has 1 aromatic heterocycles. The summed E-state index contributed by atoms with van der Waals surface area (Å²) < 4.78 is 6.84. The Kier molecular flexibility index (Phi) is 6.91. The number of amides is 2. The Labute approximate surface area is 156 Å². The van der Waals surface area contributed by atoms with Gasteiger partial charge in [0.2, 0.25) is 0 Å². The number of hydrogen-bond donors (Lipinski definition) is 1. The molecule has 1 N–H and O–H groups in total. The van der Waals surface area contributed by atoms with Crippen LogP contribution in [0.1, 0.15) is 32.6 Å². The fraction of sp³-hybridized carbons (Fsp3) is 0.789. The Morgan fingerprint density at radius 1 is 1.31 bits per heavy atom. The molecule has 0 aromatic carbocycles. The number of likely N-dealkylation sites (tertiary alicyclic amines) is 2. The van der Waals surface area contributed by atoms with Gasteiger partial charge in [0.15, 0.2) is 0 Å². The van der Waals surface area contributed by atoms with E-state index in [-0.39, 0.29) is 6.03 Å². The molecule has 26 heavy (non-hydrogen) atoms. The second-order valence-corrected chi connectivity index (χ2v) is 7.85. The van der Waals surface area contributed by atoms with Gasteiger partial charge < -0.3 is 19.9 Å². The van der Waals surface area contributed by atoms with Crippen molar-refractivity contribution >= 4 is 11.7 Å². The molecule has 3 heterocycles. The van der Waals surface area contributed by atoms with E-state index in [2.05, 4.69) is 22.2 Å². The van der Waals surface area contributed by atoms with Crippen LogP contribution in [0.3, 0.4) is 0 Å². The number of ether oxygens (including phenoxy) is 1. The first-order chi connectivity index (χ1) is 12.6. The monoisotopic (exact) mass is 363 g/mol. The van der Waals surface area contributed by atoms with Gasteiger partial charge in [0.05, 0.1) is 25.0 Å². The van der Waals surface area contributed by atoms with Crippen LogP contribution in [0.4, 0.5) is 10.5 Å². The van der Waals surface area contributed by atoms with Gasteiger partial charge in [-0.2, -0.15) is 5.10 Å². The minimum absolute atomic E-state index is 0.00624. The van der Waals surface area contributed by atoms with Gasteiger partial charge in [-0.15, -0.1) is 0 Å². The second kappa shape index (κ2) is 9.37. The number of hydrogen-bond acceptors (Lipinski definition) is 4. The van der Waals surface area contributed by atoms with E-state index in [9.17, 15) is 4.79 Å². The zero-order valence-electron chi connectivity index (χ0n) is 16.2. The lowest BCUT2D eigenvalue weighted by Crippen LogP contribution is -2.46. The van der Waals surface area contributed by atoms with Gasteiger partial charge in [-0.1, -0.05) is 6.92 Å². The Morgan fingerprint density at radius 3 is 2.88 bits per heavy atom. The maximum atomic E-state index is 12.6. The summed E-state index contributed by atoms with van der Waals surface area (Å²) in [5.74, 6) is 1.46. The lowest BCUT2D eigenvalue weighted by atomic mass is 9.94. The highest BCUT2D eigenvalue weighted by molar-refractivity contribution is 5.89. The summed E-state index contributed by atoms with van der Waals surface area (Å²) in [4.78, 5) is 17.2. The minimum Gasteiger partial charge on any atom is -0.383 e. The molecule has 1 aromatic rings. The van der Waals surface area contributed by atoms with E-state index in [0.717, 1.165) is 37.7 Å². The number of rotatable bonds is 6. The van der Waals surface area contributed by atoms with Crippen molar-refractivity contribution in [3.63, 3.8) is 0 Å². The van der Waals surface area contributed by atoms with Gasteiger partial charge in [-0.25, -0.2) is 4.79 Å². The third kappa shape index (κ3) is 5.45. The number of aromatic nitrogens is 2. The van der Waals surface area contributed by atoms with E-state index in [1.807, 2.05) is 11.1 Å². The molecule has 1 unspecified atom stereocenters. The van der Waals surface area contributed by atoms with Crippen LogP contribution < -0.4 is 5.32 Å². The van der Waals surface area contributed by atoms with Crippen LogP contribution in [0.2, 0.25) is 0 Å². The number of nitrogens with one attached hydrogen (secondary N) is 1. The van der Waals surface area contributed by atoms with Gasteiger partial charge in [0, 0.05) is 32.9 Å². The van der Waals surface area contributed by atoms with E-state index < -0.39 is 0 Å². The average Bonchev–Trinajstić information content (AvgIpc) is 3.09. The predicted octanol–water partition coefficient (Wildman–Crippen LogP) is 2.51. The Morgan fingerprint density at radius 2 is 2.12 bits per heavy atom. The molecule has 0 radical (unpaired) electrons. The first-order valence-electron chi connectivity index (χ1n) is 9.93. The van der Waals surface area contributed by atoms with Gasteiger partial charge in [-0.05, 0) is 50.6 Å². The number of methoxy groups -OCH3 is 1. The molecule has 3 rings (SSSR count). The summed E-state index contributed by atoms with van der Waals surface area (Å²) in [6.07, 6.45) is 8.49. The lowest BCUT2D eigenvalue weighted by molar-refractivity contribution is 0.124. The molecule has 1 atom stereocenters. The number of anilines is 1. The topological polar surface area (TPSA) is 62.6 Å². The van der Waals surface area contributed by atoms with Crippen LogP contribution in [0.5, 0.6) is 0 Å². The largest absolute Gasteiger partial charge is 0.383 e. The average molecular weight is 364 g/mol. The summed E-state index contributed by atoms with van der Waals surface area (Å²) >= 11 is 0. The van der Waals surface area contributed by atoms with E-state index in [0.29, 0.717) is 19.1 Å². The number of piperidine rings is 2. The van der Waals surface area contributed by atoms with Crippen molar-refractivity contribution in [1.82, 2.24) is 19.6 Å². The van der Waals surface area contributed by atoms with Crippen molar-refractivity contribution in [3.8, 4) is 0 Å². The maximum Gasteiger partial charge on any atom is 0.321 e. The molecule has 0 saturated carbocycles. The lowest BCUT2D eigenvalue weighted by Gasteiger charge is -2.37. The molecule has 2 fully saturated rings. The van der Waals surface area contributed by atoms with Crippen LogP contribution in [-0.4, -0.2) is 72.1 Å². The first-order valence-corrected chi connectivity index (χ1v) is 9.93. The molecule has 2 saturated heterocycles. The van der Waals surface area contributed by atoms with Gasteiger partial charge in [0.1, 0.15) is 0 Å². The smallest absolute Gasteiger partial charge is 0.321 e. The van der Waals surface area contributed by atoms with E-state index in [4.69, 9.17) is 4.74 Å². The molecule has 2 aliphatic rings. The molecule has 0 spiro atoms. The summed E-state index contributed by atoms with van der Waals surface area (Å²) in [6.45, 7) is 8.90. The Balaban J connectivity index is 1.46. The quantitative estimate of drug-likeness (QED) is 0.843. The zero-order chi connectivity index (χ0) is 18.4. The Bertz CT molecular complexity index is 568. The number of carbonyl (C=O) groups is 1. The van der Waals surface area contributed by atoms with Crippen LogP contribution >= 0.6 is 0 Å². The van der Waals surface area contributed by atoms with Crippen molar-refractivity contribution in [2.45, 2.75) is 39.2 Å². The maximum absolute atomic E-state index is 12.6. The molecule has 7 nitrogen and oxygen atoms in total. The standard InChI is InChI=1S/C19H33N5O2/c1-16-5-8-22(9-6-16)13-17-4-3-7-23(14-17)19(25)21-18-12-20-24(15-18)10-11-26-2/h12,15-17H,3-11,13-14H2,1-2H3,(H,21,25). The highest BCUT2D eigenvalue weighted by Crippen LogP contribution is 2.22. The molecule has 0 aliphatic carbocycles. The van der Waals surface area contributed by atoms with Crippen molar-refractivity contribution < 1.29 is 9.53 Å². The highest BCUT2D eigenvalue weighted by Gasteiger charge is 2.26. The van der Waals surface area contributed by atoms with Crippen molar-refractivity contribution in [1.29, 1.82) is 0 Å². The highest BCUT2D eigenvalue weighted by atomic mass is 16.5. The normalized spacial score (nSPS) is 22.5. The van der Waals surface area contributed by atoms with Crippen LogP contribution in [0.15, 0.2) is 12.4 Å². The van der Waals surface area contributed by atoms with Crippen molar-refractivity contribution in [2.24, 2.45) is 11.8 Å². The molecular formula is C19H33N5O2. The SMILES string of the molecule is COCCn1cc(NC(=O)N2CCCC(CN3CCC(C)CC3)C2)cn1. The third-order valence-corrected chi connectivity index (χ3v) is 5.61. The number of urea groups is 1. The van der Waals surface area contributed by atoms with Crippen molar-refractivity contribution in [3.05, 3.63) is 12.4 Å². The van der Waals surface area contributed by atoms with E-state index in [1.165, 1.54) is 32.4 Å². The summed E-state index contributed by atoms with van der Waals surface area (Å²) in [5, 5.41) is 7.23. The van der Waals surface area contributed by atoms with Crippen molar-refractivity contribution in [2.75, 3.05) is 51.8 Å². The molecule has 2 amide bonds. The van der Waals surface area contributed by atoms with Crippen LogP contribution in [0.25, 0.3) is 0 Å². The fourth-order valence-corrected chi connectivity index (χ4v) is 3.95. The Hall–Kier alpha value is -1.60. The molecule has 146 valence electrons. The summed E-state index contributed by atoms with van der Waals surface area (Å²) in [6, 6.07) is -0.00624. The van der Waals surface area contributed by atoms with Gasteiger partial charge in [-0.3, -0.25) is 4.68 Å². The second-order valence-electron chi connectivity index (χ2n) is 7.85. The molecular weight excluding hydrogens is 330 g/mol. The third-order valence-electron chi connectivity index (χ3n) is 5.61. The predicted molar refractivity (Wildman–Crippen MR) is 102 cm³/mol. The van der Waals surface area contributed by atoms with E-state index in [1.54, 1.807) is 18.0 Å². The zero-order valence-corrected chi connectivity index (χ0v) is 16.2.